The first-order valence-corrected chi connectivity index (χ1v) is 7.29. The van der Waals surface area contributed by atoms with Gasteiger partial charge in [-0.15, -0.1) is 0 Å². The lowest BCUT2D eigenvalue weighted by molar-refractivity contribution is 0.229. The molecule has 1 aromatic rings. The third-order valence-electron chi connectivity index (χ3n) is 3.55. The van der Waals surface area contributed by atoms with E-state index in [0.29, 0.717) is 10.6 Å². The van der Waals surface area contributed by atoms with Crippen LogP contribution in [0.1, 0.15) is 30.4 Å². The van der Waals surface area contributed by atoms with Gasteiger partial charge >= 0.3 is 0 Å². The van der Waals surface area contributed by atoms with Gasteiger partial charge in [0.05, 0.1) is 11.6 Å². The first kappa shape index (κ1) is 14.3. The molecule has 0 atom stereocenters. The van der Waals surface area contributed by atoms with Crippen LogP contribution in [0.3, 0.4) is 0 Å². The standard InChI is InChI=1S/C15H20ClN3/c16-15-10-13(11-17)4-5-14(15)12-18-6-9-19-7-2-1-3-8-19/h4-5,10,18H,1-3,6-9,12H2. The Morgan fingerprint density at radius 3 is 2.74 bits per heavy atom. The Balaban J connectivity index is 1.72. The molecule has 1 N–H and O–H groups in total. The highest BCUT2D eigenvalue weighted by atomic mass is 35.5. The van der Waals surface area contributed by atoms with Crippen molar-refractivity contribution in [1.82, 2.24) is 10.2 Å². The largest absolute Gasteiger partial charge is 0.311 e. The molecule has 2 rings (SSSR count). The van der Waals surface area contributed by atoms with Crippen molar-refractivity contribution in [2.45, 2.75) is 25.8 Å². The number of rotatable bonds is 5. The minimum atomic E-state index is 0.613. The predicted octanol–water partition coefficient (Wildman–Crippen LogP) is 2.79. The minimum absolute atomic E-state index is 0.613. The van der Waals surface area contributed by atoms with E-state index in [1.807, 2.05) is 12.1 Å². The molecular weight excluding hydrogens is 258 g/mol. The highest BCUT2D eigenvalue weighted by molar-refractivity contribution is 6.31. The van der Waals surface area contributed by atoms with Crippen molar-refractivity contribution in [2.75, 3.05) is 26.2 Å². The molecule has 0 aliphatic carbocycles. The van der Waals surface area contributed by atoms with Crippen LogP contribution in [0.4, 0.5) is 0 Å². The zero-order chi connectivity index (χ0) is 13.5. The maximum Gasteiger partial charge on any atom is 0.0992 e. The van der Waals surface area contributed by atoms with Crippen molar-refractivity contribution in [3.05, 3.63) is 34.3 Å². The van der Waals surface area contributed by atoms with Gasteiger partial charge in [-0.3, -0.25) is 0 Å². The second-order valence-electron chi connectivity index (χ2n) is 5.00. The van der Waals surface area contributed by atoms with Crippen LogP contribution in [0.5, 0.6) is 0 Å². The molecule has 19 heavy (non-hydrogen) atoms. The van der Waals surface area contributed by atoms with Crippen LogP contribution in [-0.4, -0.2) is 31.1 Å². The van der Waals surface area contributed by atoms with Crippen LogP contribution in [0, 0.1) is 11.3 Å². The topological polar surface area (TPSA) is 39.1 Å². The predicted molar refractivity (Wildman–Crippen MR) is 78.2 cm³/mol. The Labute approximate surface area is 120 Å². The van der Waals surface area contributed by atoms with E-state index in [2.05, 4.69) is 16.3 Å². The number of benzene rings is 1. The molecule has 1 saturated heterocycles. The number of nitrogens with zero attached hydrogens (tertiary/aromatic N) is 2. The van der Waals surface area contributed by atoms with Gasteiger partial charge in [0.15, 0.2) is 0 Å². The first-order valence-electron chi connectivity index (χ1n) is 6.91. The van der Waals surface area contributed by atoms with E-state index in [-0.39, 0.29) is 0 Å². The summed E-state index contributed by atoms with van der Waals surface area (Å²) in [4.78, 5) is 2.51. The number of halogens is 1. The van der Waals surface area contributed by atoms with Crippen molar-refractivity contribution in [1.29, 1.82) is 5.26 Å². The number of hydrogen-bond donors (Lipinski definition) is 1. The van der Waals surface area contributed by atoms with Crippen molar-refractivity contribution in [3.8, 4) is 6.07 Å². The van der Waals surface area contributed by atoms with Gasteiger partial charge in [0.1, 0.15) is 0 Å². The molecule has 1 aliphatic heterocycles. The summed E-state index contributed by atoms with van der Waals surface area (Å²) >= 11 is 6.13. The zero-order valence-electron chi connectivity index (χ0n) is 11.2. The summed E-state index contributed by atoms with van der Waals surface area (Å²) in [6.45, 7) is 5.32. The van der Waals surface area contributed by atoms with Crippen LogP contribution in [0.2, 0.25) is 5.02 Å². The van der Waals surface area contributed by atoms with E-state index < -0.39 is 0 Å². The molecule has 0 spiro atoms. The molecule has 0 bridgehead atoms. The zero-order valence-corrected chi connectivity index (χ0v) is 11.9. The van der Waals surface area contributed by atoms with Crippen LogP contribution in [0.25, 0.3) is 0 Å². The highest BCUT2D eigenvalue weighted by Gasteiger charge is 2.09. The quantitative estimate of drug-likeness (QED) is 0.841. The fourth-order valence-corrected chi connectivity index (χ4v) is 2.65. The van der Waals surface area contributed by atoms with Crippen LogP contribution in [-0.2, 0) is 6.54 Å². The molecule has 0 saturated carbocycles. The number of likely N-dealkylation sites (tertiary alicyclic amines) is 1. The molecule has 1 fully saturated rings. The molecule has 102 valence electrons. The summed E-state index contributed by atoms with van der Waals surface area (Å²) in [7, 11) is 0. The van der Waals surface area contributed by atoms with Crippen molar-refractivity contribution < 1.29 is 0 Å². The number of nitrogens with one attached hydrogen (secondary N) is 1. The van der Waals surface area contributed by atoms with E-state index >= 15 is 0 Å². The minimum Gasteiger partial charge on any atom is -0.311 e. The van der Waals surface area contributed by atoms with Gasteiger partial charge in [0.25, 0.3) is 0 Å². The lowest BCUT2D eigenvalue weighted by atomic mass is 10.1. The summed E-state index contributed by atoms with van der Waals surface area (Å²) in [6, 6.07) is 7.56. The Kier molecular flexibility index (Phi) is 5.65. The third-order valence-corrected chi connectivity index (χ3v) is 3.90. The van der Waals surface area contributed by atoms with E-state index in [9.17, 15) is 0 Å². The molecule has 1 heterocycles. The second-order valence-corrected chi connectivity index (χ2v) is 5.40. The molecule has 4 heteroatoms. The van der Waals surface area contributed by atoms with E-state index in [0.717, 1.165) is 25.2 Å². The SMILES string of the molecule is N#Cc1ccc(CNCCN2CCCCC2)c(Cl)c1. The summed E-state index contributed by atoms with van der Waals surface area (Å²) < 4.78 is 0. The number of hydrogen-bond acceptors (Lipinski definition) is 3. The van der Waals surface area contributed by atoms with Crippen molar-refractivity contribution in [2.24, 2.45) is 0 Å². The van der Waals surface area contributed by atoms with Gasteiger partial charge < -0.3 is 10.2 Å². The number of nitriles is 1. The average molecular weight is 278 g/mol. The van der Waals surface area contributed by atoms with Gasteiger partial charge in [0.2, 0.25) is 0 Å². The normalized spacial score (nSPS) is 16.2. The van der Waals surface area contributed by atoms with Crippen molar-refractivity contribution in [3.63, 3.8) is 0 Å². The molecule has 1 aliphatic rings. The van der Waals surface area contributed by atoms with E-state index in [1.165, 1.54) is 32.4 Å². The van der Waals surface area contributed by atoms with Crippen LogP contribution < -0.4 is 5.32 Å². The fourth-order valence-electron chi connectivity index (χ4n) is 2.40. The number of piperidine rings is 1. The monoisotopic (exact) mass is 277 g/mol. The molecule has 0 unspecified atom stereocenters. The van der Waals surface area contributed by atoms with Crippen molar-refractivity contribution >= 4 is 11.6 Å². The third kappa shape index (κ3) is 4.50. The molecule has 3 nitrogen and oxygen atoms in total. The van der Waals surface area contributed by atoms with Gasteiger partial charge in [-0.1, -0.05) is 24.1 Å². The van der Waals surface area contributed by atoms with Gasteiger partial charge in [-0.05, 0) is 43.6 Å². The summed E-state index contributed by atoms with van der Waals surface area (Å²) in [5.41, 5.74) is 1.67. The lowest BCUT2D eigenvalue weighted by Crippen LogP contribution is -2.35. The first-order chi connectivity index (χ1) is 9.29. The maximum atomic E-state index is 8.78. The molecule has 1 aromatic carbocycles. The van der Waals surface area contributed by atoms with Gasteiger partial charge in [0, 0.05) is 24.7 Å². The summed E-state index contributed by atoms with van der Waals surface area (Å²) in [5.74, 6) is 0. The smallest absolute Gasteiger partial charge is 0.0992 e. The Morgan fingerprint density at radius 2 is 2.05 bits per heavy atom. The average Bonchev–Trinajstić information content (AvgIpc) is 2.46. The molecule has 0 radical (unpaired) electrons. The van der Waals surface area contributed by atoms with Gasteiger partial charge in [-0.25, -0.2) is 0 Å². The Bertz CT molecular complexity index is 447. The Morgan fingerprint density at radius 1 is 1.26 bits per heavy atom. The van der Waals surface area contributed by atoms with Crippen LogP contribution >= 0.6 is 11.6 Å². The Hall–Kier alpha value is -1.08. The lowest BCUT2D eigenvalue weighted by Gasteiger charge is -2.26. The maximum absolute atomic E-state index is 8.78. The van der Waals surface area contributed by atoms with E-state index in [1.54, 1.807) is 6.07 Å². The van der Waals surface area contributed by atoms with Crippen LogP contribution in [0.15, 0.2) is 18.2 Å². The summed E-state index contributed by atoms with van der Waals surface area (Å²) in [6.07, 6.45) is 4.05. The molecule has 0 amide bonds. The molecule has 0 aromatic heterocycles. The van der Waals surface area contributed by atoms with Gasteiger partial charge in [-0.2, -0.15) is 5.26 Å². The van der Waals surface area contributed by atoms with E-state index in [4.69, 9.17) is 16.9 Å². The highest BCUT2D eigenvalue weighted by Crippen LogP contribution is 2.17. The summed E-state index contributed by atoms with van der Waals surface area (Å²) in [5, 5.41) is 12.9. The fraction of sp³-hybridized carbons (Fsp3) is 0.533. The molecular formula is C15H20ClN3. The second kappa shape index (κ2) is 7.49.